The molecule has 0 aromatic heterocycles. The highest BCUT2D eigenvalue weighted by molar-refractivity contribution is 7.93. The molecule has 6 heteroatoms. The molecule has 0 bridgehead atoms. The van der Waals surface area contributed by atoms with Crippen molar-refractivity contribution in [3.63, 3.8) is 0 Å². The lowest BCUT2D eigenvalue weighted by Crippen LogP contribution is -2.24. The smallest absolute Gasteiger partial charge is 0.251 e. The van der Waals surface area contributed by atoms with Crippen molar-refractivity contribution in [2.45, 2.75) is 26.0 Å². The first-order chi connectivity index (χ1) is 8.29. The number of carbonyl (C=O) groups excluding carboxylic acids is 1. The number of nitrogens with one attached hydrogen (secondary N) is 2. The summed E-state index contributed by atoms with van der Waals surface area (Å²) in [5.41, 5.74) is 1.51. The van der Waals surface area contributed by atoms with Crippen LogP contribution in [0.4, 0.5) is 5.69 Å². The highest BCUT2D eigenvalue weighted by Gasteiger charge is 2.18. The predicted molar refractivity (Wildman–Crippen MR) is 72.2 cm³/mol. The zero-order valence-corrected chi connectivity index (χ0v) is 11.8. The molecule has 1 rings (SSSR count). The predicted octanol–water partition coefficient (Wildman–Crippen LogP) is 1.50. The van der Waals surface area contributed by atoms with Gasteiger partial charge in [0, 0.05) is 12.6 Å². The first-order valence-corrected chi connectivity index (χ1v) is 7.17. The topological polar surface area (TPSA) is 75.3 Å². The number of sulfonamides is 1. The molecule has 0 aliphatic rings. The molecule has 0 atom stereocenters. The Morgan fingerprint density at radius 2 is 1.89 bits per heavy atom. The first kappa shape index (κ1) is 14.5. The number of benzene rings is 1. The minimum absolute atomic E-state index is 0.238. The summed E-state index contributed by atoms with van der Waals surface area (Å²) in [6.45, 7) is 4.91. The Hall–Kier alpha value is -1.56. The van der Waals surface area contributed by atoms with E-state index in [0.717, 1.165) is 0 Å². The number of hydrogen-bond acceptors (Lipinski definition) is 3. The van der Waals surface area contributed by atoms with Gasteiger partial charge in [0.1, 0.15) is 0 Å². The van der Waals surface area contributed by atoms with Gasteiger partial charge in [0.15, 0.2) is 0 Å². The molecule has 0 heterocycles. The van der Waals surface area contributed by atoms with Crippen LogP contribution in [0.3, 0.4) is 0 Å². The minimum atomic E-state index is -3.40. The van der Waals surface area contributed by atoms with E-state index in [2.05, 4.69) is 10.0 Å². The zero-order valence-electron chi connectivity index (χ0n) is 10.9. The van der Waals surface area contributed by atoms with E-state index in [4.69, 9.17) is 0 Å². The average molecular weight is 270 g/mol. The second kappa shape index (κ2) is 5.39. The van der Waals surface area contributed by atoms with Gasteiger partial charge in [0.25, 0.3) is 5.91 Å². The normalized spacial score (nSPS) is 11.4. The van der Waals surface area contributed by atoms with Gasteiger partial charge in [-0.25, -0.2) is 8.42 Å². The fraction of sp³-hybridized carbons (Fsp3) is 0.417. The maximum Gasteiger partial charge on any atom is 0.251 e. The van der Waals surface area contributed by atoms with Crippen LogP contribution < -0.4 is 10.0 Å². The van der Waals surface area contributed by atoms with Crippen LogP contribution in [0.2, 0.25) is 0 Å². The van der Waals surface area contributed by atoms with Crippen molar-refractivity contribution in [3.05, 3.63) is 29.3 Å². The molecule has 1 amide bonds. The highest BCUT2D eigenvalue weighted by atomic mass is 32.2. The largest absolute Gasteiger partial charge is 0.355 e. The average Bonchev–Trinajstić information content (AvgIpc) is 2.30. The fourth-order valence-corrected chi connectivity index (χ4v) is 2.16. The maximum absolute atomic E-state index is 11.8. The number of rotatable bonds is 4. The zero-order chi connectivity index (χ0) is 13.9. The van der Waals surface area contributed by atoms with Gasteiger partial charge in [-0.1, -0.05) is 6.07 Å². The molecule has 1 aromatic carbocycles. The molecule has 0 fully saturated rings. The van der Waals surface area contributed by atoms with Crippen LogP contribution >= 0.6 is 0 Å². The van der Waals surface area contributed by atoms with E-state index in [1.807, 2.05) is 0 Å². The van der Waals surface area contributed by atoms with Crippen molar-refractivity contribution < 1.29 is 13.2 Å². The molecule has 0 radical (unpaired) electrons. The number of amides is 1. The van der Waals surface area contributed by atoms with Crippen molar-refractivity contribution in [2.75, 3.05) is 11.8 Å². The summed E-state index contributed by atoms with van der Waals surface area (Å²) in [5.74, 6) is -0.238. The van der Waals surface area contributed by atoms with Crippen molar-refractivity contribution >= 4 is 21.6 Å². The summed E-state index contributed by atoms with van der Waals surface area (Å²) >= 11 is 0. The van der Waals surface area contributed by atoms with Crippen LogP contribution in [0.25, 0.3) is 0 Å². The van der Waals surface area contributed by atoms with Crippen molar-refractivity contribution in [3.8, 4) is 0 Å². The first-order valence-electron chi connectivity index (χ1n) is 5.63. The number of carbonyl (C=O) groups is 1. The lowest BCUT2D eigenvalue weighted by molar-refractivity contribution is 0.0962. The van der Waals surface area contributed by atoms with Crippen LogP contribution in [0.1, 0.15) is 29.8 Å². The van der Waals surface area contributed by atoms with Crippen molar-refractivity contribution in [1.82, 2.24) is 5.32 Å². The third-order valence-electron chi connectivity index (χ3n) is 2.68. The van der Waals surface area contributed by atoms with Gasteiger partial charge in [0.2, 0.25) is 10.0 Å². The lowest BCUT2D eigenvalue weighted by Gasteiger charge is -2.14. The van der Waals surface area contributed by atoms with Gasteiger partial charge in [0.05, 0.1) is 10.9 Å². The third-order valence-corrected chi connectivity index (χ3v) is 4.42. The van der Waals surface area contributed by atoms with E-state index in [1.54, 1.807) is 39.0 Å². The Kier molecular flexibility index (Phi) is 4.34. The molecule has 1 aromatic rings. The van der Waals surface area contributed by atoms with Gasteiger partial charge in [-0.2, -0.15) is 0 Å². The monoisotopic (exact) mass is 270 g/mol. The Labute approximate surface area is 108 Å². The van der Waals surface area contributed by atoms with Crippen molar-refractivity contribution in [1.29, 1.82) is 0 Å². The van der Waals surface area contributed by atoms with Crippen LogP contribution in [0.5, 0.6) is 0 Å². The van der Waals surface area contributed by atoms with E-state index in [0.29, 0.717) is 16.8 Å². The van der Waals surface area contributed by atoms with Crippen LogP contribution in [0.15, 0.2) is 18.2 Å². The summed E-state index contributed by atoms with van der Waals surface area (Å²) in [7, 11) is -1.87. The summed E-state index contributed by atoms with van der Waals surface area (Å²) in [4.78, 5) is 11.6. The molecule has 0 spiro atoms. The Morgan fingerprint density at radius 1 is 1.28 bits per heavy atom. The van der Waals surface area contributed by atoms with Crippen LogP contribution in [-0.2, 0) is 10.0 Å². The van der Waals surface area contributed by atoms with Gasteiger partial charge in [-0.05, 0) is 38.5 Å². The Morgan fingerprint density at radius 3 is 2.39 bits per heavy atom. The quantitative estimate of drug-likeness (QED) is 0.870. The Balaban J connectivity index is 3.17. The van der Waals surface area contributed by atoms with Gasteiger partial charge in [-0.3, -0.25) is 9.52 Å². The Bertz CT molecular complexity index is 550. The molecule has 2 N–H and O–H groups in total. The van der Waals surface area contributed by atoms with Crippen LogP contribution in [0, 0.1) is 6.92 Å². The van der Waals surface area contributed by atoms with E-state index in [9.17, 15) is 13.2 Å². The number of anilines is 1. The molecule has 0 saturated heterocycles. The second-order valence-electron chi connectivity index (χ2n) is 4.25. The second-order valence-corrected chi connectivity index (χ2v) is 6.49. The standard InChI is InChI=1S/C12H18N2O3S/c1-8(2)18(16,17)14-11-7-5-6-10(9(11)3)12(15)13-4/h5-8,14H,1-4H3,(H,13,15). The third kappa shape index (κ3) is 3.01. The molecule has 100 valence electrons. The van der Waals surface area contributed by atoms with E-state index < -0.39 is 15.3 Å². The molecule has 0 aliphatic heterocycles. The molecule has 5 nitrogen and oxygen atoms in total. The number of hydrogen-bond donors (Lipinski definition) is 2. The summed E-state index contributed by atoms with van der Waals surface area (Å²) in [6.07, 6.45) is 0. The molecular formula is C12H18N2O3S. The summed E-state index contributed by atoms with van der Waals surface area (Å²) < 4.78 is 26.1. The molecule has 0 aliphatic carbocycles. The van der Waals surface area contributed by atoms with Gasteiger partial charge >= 0.3 is 0 Å². The molecular weight excluding hydrogens is 252 g/mol. The SMILES string of the molecule is CNC(=O)c1cccc(NS(=O)(=O)C(C)C)c1C. The fourth-order valence-electron chi connectivity index (χ4n) is 1.40. The van der Waals surface area contributed by atoms with E-state index >= 15 is 0 Å². The van der Waals surface area contributed by atoms with Gasteiger partial charge < -0.3 is 5.32 Å². The van der Waals surface area contributed by atoms with Gasteiger partial charge in [-0.15, -0.1) is 0 Å². The minimum Gasteiger partial charge on any atom is -0.355 e. The summed E-state index contributed by atoms with van der Waals surface area (Å²) in [5, 5.41) is 1.99. The maximum atomic E-state index is 11.8. The highest BCUT2D eigenvalue weighted by Crippen LogP contribution is 2.21. The van der Waals surface area contributed by atoms with E-state index in [1.165, 1.54) is 7.05 Å². The lowest BCUT2D eigenvalue weighted by atomic mass is 10.1. The molecule has 18 heavy (non-hydrogen) atoms. The van der Waals surface area contributed by atoms with Crippen molar-refractivity contribution in [2.24, 2.45) is 0 Å². The van der Waals surface area contributed by atoms with Crippen LogP contribution in [-0.4, -0.2) is 26.6 Å². The summed E-state index contributed by atoms with van der Waals surface area (Å²) in [6, 6.07) is 4.94. The molecule has 0 saturated carbocycles. The van der Waals surface area contributed by atoms with E-state index in [-0.39, 0.29) is 5.91 Å². The molecule has 0 unspecified atom stereocenters.